The molecule has 0 spiro atoms. The van der Waals surface area contributed by atoms with E-state index in [0.717, 1.165) is 17.9 Å². The van der Waals surface area contributed by atoms with E-state index in [1.165, 1.54) is 0 Å². The highest BCUT2D eigenvalue weighted by atomic mass is 16.5. The minimum absolute atomic E-state index is 0.484. The van der Waals surface area contributed by atoms with E-state index in [1.54, 1.807) is 7.11 Å². The lowest BCUT2D eigenvalue weighted by atomic mass is 10.2. The van der Waals surface area contributed by atoms with Crippen LogP contribution >= 0.6 is 0 Å². The summed E-state index contributed by atoms with van der Waals surface area (Å²) < 4.78 is 5.16. The maximum Gasteiger partial charge on any atom is 0.123 e. The largest absolute Gasteiger partial charge is 0.496 e. The summed E-state index contributed by atoms with van der Waals surface area (Å²) in [5.41, 5.74) is 6.45. The number of nitrogens with one attached hydrogen (secondary N) is 1. The molecule has 3 N–H and O–H groups in total. The van der Waals surface area contributed by atoms with E-state index >= 15 is 0 Å². The Morgan fingerprint density at radius 3 is 2.83 bits per heavy atom. The van der Waals surface area contributed by atoms with Crippen LogP contribution in [0, 0.1) is 0 Å². The Morgan fingerprint density at radius 1 is 1.42 bits per heavy atom. The molecule has 0 aliphatic carbocycles. The Labute approximate surface area is 72.5 Å². The molecule has 0 bridgehead atoms. The maximum absolute atomic E-state index is 5.32. The lowest BCUT2D eigenvalue weighted by molar-refractivity contribution is 0.408. The van der Waals surface area contributed by atoms with Crippen molar-refractivity contribution in [3.8, 4) is 5.75 Å². The fourth-order valence-electron chi connectivity index (χ4n) is 1.06. The van der Waals surface area contributed by atoms with Gasteiger partial charge in [-0.05, 0) is 6.07 Å². The van der Waals surface area contributed by atoms with E-state index in [0.29, 0.717) is 6.67 Å². The van der Waals surface area contributed by atoms with Gasteiger partial charge in [-0.15, -0.1) is 0 Å². The van der Waals surface area contributed by atoms with Crippen molar-refractivity contribution in [1.29, 1.82) is 0 Å². The molecule has 1 aromatic carbocycles. The van der Waals surface area contributed by atoms with Crippen LogP contribution in [0.5, 0.6) is 5.75 Å². The minimum Gasteiger partial charge on any atom is -0.496 e. The van der Waals surface area contributed by atoms with E-state index in [1.807, 2.05) is 24.3 Å². The molecular weight excluding hydrogens is 152 g/mol. The van der Waals surface area contributed by atoms with E-state index < -0.39 is 0 Å². The van der Waals surface area contributed by atoms with Crippen LogP contribution in [0.3, 0.4) is 0 Å². The average Bonchev–Trinajstić information content (AvgIpc) is 2.15. The smallest absolute Gasteiger partial charge is 0.123 e. The molecule has 3 heteroatoms. The Hall–Kier alpha value is -1.06. The molecule has 1 aromatic rings. The van der Waals surface area contributed by atoms with Crippen molar-refractivity contribution in [2.24, 2.45) is 5.73 Å². The summed E-state index contributed by atoms with van der Waals surface area (Å²) in [5.74, 6) is 0.901. The number of methoxy groups -OCH3 is 1. The third-order valence-corrected chi connectivity index (χ3v) is 1.65. The second-order valence-electron chi connectivity index (χ2n) is 2.44. The van der Waals surface area contributed by atoms with Crippen molar-refractivity contribution in [2.75, 3.05) is 13.8 Å². The van der Waals surface area contributed by atoms with Crippen molar-refractivity contribution >= 4 is 0 Å². The van der Waals surface area contributed by atoms with Crippen molar-refractivity contribution in [2.45, 2.75) is 6.54 Å². The summed E-state index contributed by atoms with van der Waals surface area (Å²) in [4.78, 5) is 0. The van der Waals surface area contributed by atoms with Crippen LogP contribution in [0.2, 0.25) is 0 Å². The second-order valence-corrected chi connectivity index (χ2v) is 2.44. The Kier molecular flexibility index (Phi) is 3.57. The van der Waals surface area contributed by atoms with Gasteiger partial charge in [0.2, 0.25) is 0 Å². The van der Waals surface area contributed by atoms with Gasteiger partial charge in [-0.25, -0.2) is 0 Å². The normalized spacial score (nSPS) is 9.83. The molecule has 0 aromatic heterocycles. The van der Waals surface area contributed by atoms with Gasteiger partial charge in [-0.2, -0.15) is 0 Å². The first-order valence-electron chi connectivity index (χ1n) is 3.91. The van der Waals surface area contributed by atoms with Crippen molar-refractivity contribution < 1.29 is 4.74 Å². The number of rotatable bonds is 4. The van der Waals surface area contributed by atoms with E-state index in [4.69, 9.17) is 10.5 Å². The van der Waals surface area contributed by atoms with Crippen LogP contribution in [-0.4, -0.2) is 13.8 Å². The first-order chi connectivity index (χ1) is 5.88. The van der Waals surface area contributed by atoms with Crippen LogP contribution < -0.4 is 15.8 Å². The number of ether oxygens (including phenoxy) is 1. The first kappa shape index (κ1) is 9.03. The summed E-state index contributed by atoms with van der Waals surface area (Å²) in [6.07, 6.45) is 0. The fourth-order valence-corrected chi connectivity index (χ4v) is 1.06. The van der Waals surface area contributed by atoms with Crippen LogP contribution in [0.1, 0.15) is 5.56 Å². The Bertz CT molecular complexity index is 238. The fraction of sp³-hybridized carbons (Fsp3) is 0.333. The number of hydrogen-bond acceptors (Lipinski definition) is 3. The van der Waals surface area contributed by atoms with E-state index in [9.17, 15) is 0 Å². The molecule has 0 radical (unpaired) electrons. The maximum atomic E-state index is 5.32. The summed E-state index contributed by atoms with van der Waals surface area (Å²) >= 11 is 0. The molecule has 0 atom stereocenters. The molecule has 0 saturated carbocycles. The highest BCUT2D eigenvalue weighted by Crippen LogP contribution is 2.16. The zero-order valence-corrected chi connectivity index (χ0v) is 7.21. The van der Waals surface area contributed by atoms with Gasteiger partial charge in [0, 0.05) is 18.8 Å². The molecule has 0 saturated heterocycles. The second kappa shape index (κ2) is 4.74. The van der Waals surface area contributed by atoms with Gasteiger partial charge in [0.1, 0.15) is 5.75 Å². The number of nitrogens with two attached hydrogens (primary N) is 1. The monoisotopic (exact) mass is 166 g/mol. The van der Waals surface area contributed by atoms with Crippen molar-refractivity contribution in [1.82, 2.24) is 5.32 Å². The van der Waals surface area contributed by atoms with E-state index in [-0.39, 0.29) is 0 Å². The van der Waals surface area contributed by atoms with Crippen molar-refractivity contribution in [3.63, 3.8) is 0 Å². The number of para-hydroxylation sites is 1. The summed E-state index contributed by atoms with van der Waals surface area (Å²) in [7, 11) is 1.67. The molecule has 12 heavy (non-hydrogen) atoms. The third-order valence-electron chi connectivity index (χ3n) is 1.65. The quantitative estimate of drug-likeness (QED) is 0.647. The molecule has 0 unspecified atom stereocenters. The summed E-state index contributed by atoms with van der Waals surface area (Å²) in [6, 6.07) is 7.88. The molecule has 0 aliphatic heterocycles. The zero-order chi connectivity index (χ0) is 8.81. The summed E-state index contributed by atoms with van der Waals surface area (Å²) in [5, 5.41) is 3.04. The molecule has 0 amide bonds. The van der Waals surface area contributed by atoms with Gasteiger partial charge in [0.25, 0.3) is 0 Å². The zero-order valence-electron chi connectivity index (χ0n) is 7.21. The number of hydrogen-bond donors (Lipinski definition) is 2. The lowest BCUT2D eigenvalue weighted by Gasteiger charge is -2.07. The molecule has 0 aliphatic rings. The van der Waals surface area contributed by atoms with Crippen LogP contribution in [0.4, 0.5) is 0 Å². The van der Waals surface area contributed by atoms with Gasteiger partial charge >= 0.3 is 0 Å². The Balaban J connectivity index is 2.68. The van der Waals surface area contributed by atoms with E-state index in [2.05, 4.69) is 5.32 Å². The first-order valence-corrected chi connectivity index (χ1v) is 3.91. The highest BCUT2D eigenvalue weighted by molar-refractivity contribution is 5.32. The molecule has 0 heterocycles. The highest BCUT2D eigenvalue weighted by Gasteiger charge is 1.98. The standard InChI is InChI=1S/C9H14N2O/c1-12-9-5-3-2-4-8(9)6-11-7-10/h2-5,11H,6-7,10H2,1H3. The average molecular weight is 166 g/mol. The predicted molar refractivity (Wildman–Crippen MR) is 48.9 cm³/mol. The van der Waals surface area contributed by atoms with Gasteiger partial charge in [-0.3, -0.25) is 0 Å². The Morgan fingerprint density at radius 2 is 2.17 bits per heavy atom. The molecular formula is C9H14N2O. The topological polar surface area (TPSA) is 47.3 Å². The minimum atomic E-state index is 0.484. The molecule has 3 nitrogen and oxygen atoms in total. The van der Waals surface area contributed by atoms with Gasteiger partial charge in [0.05, 0.1) is 7.11 Å². The number of benzene rings is 1. The predicted octanol–water partition coefficient (Wildman–Crippen LogP) is 0.701. The van der Waals surface area contributed by atoms with Crippen molar-refractivity contribution in [3.05, 3.63) is 29.8 Å². The van der Waals surface area contributed by atoms with Gasteiger partial charge in [0.15, 0.2) is 0 Å². The van der Waals surface area contributed by atoms with Crippen LogP contribution in [0.25, 0.3) is 0 Å². The van der Waals surface area contributed by atoms with Crippen LogP contribution in [0.15, 0.2) is 24.3 Å². The molecule has 0 fully saturated rings. The van der Waals surface area contributed by atoms with Gasteiger partial charge < -0.3 is 15.8 Å². The SMILES string of the molecule is COc1ccccc1CNCN. The summed E-state index contributed by atoms with van der Waals surface area (Å²) in [6.45, 7) is 1.23. The lowest BCUT2D eigenvalue weighted by Crippen LogP contribution is -2.21. The van der Waals surface area contributed by atoms with Gasteiger partial charge in [-0.1, -0.05) is 18.2 Å². The third kappa shape index (κ3) is 2.22. The van der Waals surface area contributed by atoms with Crippen LogP contribution in [-0.2, 0) is 6.54 Å². The molecule has 1 rings (SSSR count). The molecule has 66 valence electrons.